The number of aryl methyl sites for hydroxylation is 1. The van der Waals surface area contributed by atoms with Crippen molar-refractivity contribution in [3.8, 4) is 0 Å². The van der Waals surface area contributed by atoms with Crippen LogP contribution in [0.1, 0.15) is 95.5 Å². The summed E-state index contributed by atoms with van der Waals surface area (Å²) in [4.78, 5) is 11.7. The zero-order valence-corrected chi connectivity index (χ0v) is 26.8. The number of likely N-dealkylation sites (N-methyl/N-ethyl adjacent to an activating group) is 1. The highest BCUT2D eigenvalue weighted by Gasteiger charge is 2.13. The van der Waals surface area contributed by atoms with Gasteiger partial charge in [0.1, 0.15) is 13.2 Å². The maximum atomic E-state index is 11.7. The molecule has 0 aliphatic rings. The molecule has 1 aromatic rings. The van der Waals surface area contributed by atoms with Crippen LogP contribution in [-0.2, 0) is 24.8 Å². The average molecular weight is 652 g/mol. The zero-order valence-electron chi connectivity index (χ0n) is 23.8. The number of rotatable bonds is 25. The fraction of sp³-hybridized carbons (Fsp3) is 0.793. The number of hydrogen-bond acceptors (Lipinski definition) is 5. The Morgan fingerprint density at radius 2 is 1.14 bits per heavy atom. The van der Waals surface area contributed by atoms with E-state index in [2.05, 4.69) is 46.9 Å². The number of unbranched alkanes of at least 4 members (excludes halogenated alkanes) is 12. The Kier molecular flexibility index (Phi) is 20.6. The maximum Gasteiger partial charge on any atom is 0.268 e. The number of nitrogens with zero attached hydrogens (tertiary/aromatic N) is 1. The lowest BCUT2D eigenvalue weighted by atomic mass is 10.0. The van der Waals surface area contributed by atoms with Crippen LogP contribution >= 0.6 is 30.4 Å². The van der Waals surface area contributed by atoms with E-state index < -0.39 is 7.82 Å². The Labute approximate surface area is 241 Å². The predicted octanol–water partition coefficient (Wildman–Crippen LogP) is 7.52. The van der Waals surface area contributed by atoms with E-state index in [4.69, 9.17) is 13.8 Å². The summed E-state index contributed by atoms with van der Waals surface area (Å²) in [6.07, 6.45) is 19.0. The average Bonchev–Trinajstić information content (AvgIpc) is 2.83. The van der Waals surface area contributed by atoms with E-state index in [0.717, 1.165) is 13.0 Å². The van der Waals surface area contributed by atoms with Gasteiger partial charge in [0.25, 0.3) is 7.82 Å². The van der Waals surface area contributed by atoms with Crippen molar-refractivity contribution in [2.45, 2.75) is 96.3 Å². The van der Waals surface area contributed by atoms with Gasteiger partial charge in [-0.05, 0) is 66.0 Å². The van der Waals surface area contributed by atoms with Crippen LogP contribution < -0.4 is 4.89 Å². The van der Waals surface area contributed by atoms with E-state index in [9.17, 15) is 9.46 Å². The van der Waals surface area contributed by atoms with Crippen molar-refractivity contribution in [1.29, 1.82) is 0 Å². The third kappa shape index (κ3) is 23.6. The monoisotopic (exact) mass is 651 g/mol. The normalized spacial score (nSPS) is 13.6. The van der Waals surface area contributed by atoms with Crippen molar-refractivity contribution in [1.82, 2.24) is 0 Å². The number of hydrogen-bond donors (Lipinski definition) is 0. The Bertz CT molecular complexity index is 711. The fourth-order valence-corrected chi connectivity index (χ4v) is 5.12. The molecule has 0 aromatic heterocycles. The quantitative estimate of drug-likeness (QED) is 0.0474. The Morgan fingerprint density at radius 1 is 0.676 bits per heavy atom. The van der Waals surface area contributed by atoms with Crippen LogP contribution in [0.2, 0.25) is 0 Å². The summed E-state index contributed by atoms with van der Waals surface area (Å²) in [6, 6.07) is 8.93. The van der Waals surface area contributed by atoms with Gasteiger partial charge < -0.3 is 23.2 Å². The van der Waals surface area contributed by atoms with Gasteiger partial charge in [-0.1, -0.05) is 82.8 Å². The summed E-state index contributed by atoms with van der Waals surface area (Å²) in [5.74, 6) is 0. The third-order valence-corrected chi connectivity index (χ3v) is 8.08. The van der Waals surface area contributed by atoms with Crippen LogP contribution in [0.4, 0.5) is 0 Å². The van der Waals surface area contributed by atoms with Gasteiger partial charge in [-0.3, -0.25) is 4.57 Å². The van der Waals surface area contributed by atoms with Crippen molar-refractivity contribution >= 4 is 30.4 Å². The molecule has 0 radical (unpaired) electrons. The Hall–Kier alpha value is -0.0200. The molecule has 0 N–H and O–H groups in total. The van der Waals surface area contributed by atoms with E-state index in [1.807, 2.05) is 21.1 Å². The highest BCUT2D eigenvalue weighted by atomic mass is 125. The highest BCUT2D eigenvalue weighted by molar-refractivity contribution is 14.1. The van der Waals surface area contributed by atoms with Gasteiger partial charge in [0.15, 0.2) is 0 Å². The standard InChI is InChI=1S/C29H53INO5P/c1-31(2,3)23-27-36-37(32,33)35-26-17-25-34-24-16-14-12-10-8-6-4-5-7-9-11-13-15-18-28-19-21-29(30)22-20-28/h19-22H,4-18,23-27H2,1-3H3/i30-2. The number of halogens is 1. The molecule has 0 saturated heterocycles. The summed E-state index contributed by atoms with van der Waals surface area (Å²) < 4.78 is 29.0. The molecule has 0 aliphatic heterocycles. The van der Waals surface area contributed by atoms with Gasteiger partial charge in [-0.2, -0.15) is 0 Å². The molecule has 0 amide bonds. The second kappa shape index (κ2) is 21.8. The maximum absolute atomic E-state index is 11.7. The smallest absolute Gasteiger partial charge is 0.268 e. The van der Waals surface area contributed by atoms with Gasteiger partial charge in [0.05, 0.1) is 27.7 Å². The summed E-state index contributed by atoms with van der Waals surface area (Å²) in [5, 5.41) is 0. The summed E-state index contributed by atoms with van der Waals surface area (Å²) in [5.41, 5.74) is 1.47. The Balaban J connectivity index is 1.75. The first-order chi connectivity index (χ1) is 17.7. The van der Waals surface area contributed by atoms with E-state index in [0.29, 0.717) is 24.1 Å². The molecule has 216 valence electrons. The van der Waals surface area contributed by atoms with Crippen LogP contribution in [-0.4, -0.2) is 58.6 Å². The summed E-state index contributed by atoms with van der Waals surface area (Å²) in [7, 11) is 1.75. The number of ether oxygens (including phenoxy) is 1. The molecule has 1 atom stereocenters. The van der Waals surface area contributed by atoms with Gasteiger partial charge in [-0.25, -0.2) is 0 Å². The number of phosphoric acid groups is 1. The van der Waals surface area contributed by atoms with Crippen molar-refractivity contribution in [2.75, 3.05) is 54.1 Å². The van der Waals surface area contributed by atoms with Gasteiger partial charge >= 0.3 is 0 Å². The van der Waals surface area contributed by atoms with Crippen molar-refractivity contribution in [3.63, 3.8) is 0 Å². The predicted molar refractivity (Wildman–Crippen MR) is 161 cm³/mol. The SMILES string of the molecule is C[N+](C)(C)CCOP(=O)([O-])OCCCOCCCCCCCCCCCCCCCc1ccc([125I])cc1. The number of phosphoric ester groups is 1. The fourth-order valence-electron chi connectivity index (χ4n) is 4.03. The molecule has 0 fully saturated rings. The lowest BCUT2D eigenvalue weighted by Gasteiger charge is -2.27. The van der Waals surface area contributed by atoms with Crippen LogP contribution in [0.25, 0.3) is 0 Å². The van der Waals surface area contributed by atoms with Crippen LogP contribution in [0, 0.1) is 3.57 Å². The molecule has 8 heteroatoms. The molecule has 0 spiro atoms. The van der Waals surface area contributed by atoms with Crippen molar-refractivity contribution < 1.29 is 27.7 Å². The molecule has 1 unspecified atom stereocenters. The first-order valence-corrected chi connectivity index (χ1v) is 16.9. The van der Waals surface area contributed by atoms with Crippen LogP contribution in [0.5, 0.6) is 0 Å². The van der Waals surface area contributed by atoms with Crippen LogP contribution in [0.3, 0.4) is 0 Å². The second-order valence-electron chi connectivity index (χ2n) is 11.1. The lowest BCUT2D eigenvalue weighted by Crippen LogP contribution is -2.37. The van der Waals surface area contributed by atoms with E-state index in [1.54, 1.807) is 0 Å². The van der Waals surface area contributed by atoms with Crippen molar-refractivity contribution in [2.24, 2.45) is 0 Å². The van der Waals surface area contributed by atoms with Crippen molar-refractivity contribution in [3.05, 3.63) is 33.4 Å². The van der Waals surface area contributed by atoms with E-state index in [1.165, 1.54) is 92.6 Å². The molecule has 37 heavy (non-hydrogen) atoms. The number of benzene rings is 1. The molecular weight excluding hydrogens is 598 g/mol. The third-order valence-electron chi connectivity index (χ3n) is 6.36. The molecule has 1 rings (SSSR count). The minimum absolute atomic E-state index is 0.110. The molecule has 1 aromatic carbocycles. The van der Waals surface area contributed by atoms with E-state index >= 15 is 0 Å². The number of quaternary nitrogens is 1. The first kappa shape index (κ1) is 35.0. The molecule has 6 nitrogen and oxygen atoms in total. The first-order valence-electron chi connectivity index (χ1n) is 14.4. The molecular formula is C29H53INO5P. The largest absolute Gasteiger partial charge is 0.756 e. The highest BCUT2D eigenvalue weighted by Crippen LogP contribution is 2.38. The minimum atomic E-state index is -4.20. The van der Waals surface area contributed by atoms with Gasteiger partial charge in [0, 0.05) is 16.8 Å². The molecule has 0 bridgehead atoms. The van der Waals surface area contributed by atoms with Crippen LogP contribution in [0.15, 0.2) is 24.3 Å². The minimum Gasteiger partial charge on any atom is -0.756 e. The van der Waals surface area contributed by atoms with Gasteiger partial charge in [0.2, 0.25) is 0 Å². The zero-order chi connectivity index (χ0) is 27.2. The van der Waals surface area contributed by atoms with Gasteiger partial charge in [-0.15, -0.1) is 0 Å². The van der Waals surface area contributed by atoms with E-state index in [-0.39, 0.29) is 13.2 Å². The summed E-state index contributed by atoms with van der Waals surface area (Å²) in [6.45, 7) is 2.11. The lowest BCUT2D eigenvalue weighted by molar-refractivity contribution is -0.870. The molecule has 0 heterocycles. The second-order valence-corrected chi connectivity index (χ2v) is 13.7. The molecule has 0 aliphatic carbocycles. The molecule has 0 saturated carbocycles. The topological polar surface area (TPSA) is 67.8 Å². The summed E-state index contributed by atoms with van der Waals surface area (Å²) >= 11 is 2.36. The Morgan fingerprint density at radius 3 is 1.68 bits per heavy atom.